The molecule has 0 amide bonds. The van der Waals surface area contributed by atoms with Crippen LogP contribution in [-0.2, 0) is 11.6 Å². The molecule has 0 aliphatic rings. The van der Waals surface area contributed by atoms with Crippen LogP contribution in [0.25, 0.3) is 0 Å². The maximum atomic E-state index is 12.7. The fourth-order valence-electron chi connectivity index (χ4n) is 1.51. The van der Waals surface area contributed by atoms with Crippen LogP contribution in [0.4, 0.5) is 13.2 Å². The van der Waals surface area contributed by atoms with Crippen molar-refractivity contribution in [2.24, 2.45) is 0 Å². The number of alkyl halides is 3. The van der Waals surface area contributed by atoms with Crippen molar-refractivity contribution in [3.05, 3.63) is 35.4 Å². The molecule has 0 nitrogen and oxygen atoms in total. The normalized spacial score (nSPS) is 12.9. The van der Waals surface area contributed by atoms with E-state index < -0.39 is 17.2 Å². The largest absolute Gasteiger partial charge is 0.416 e. The van der Waals surface area contributed by atoms with E-state index >= 15 is 0 Å². The maximum Gasteiger partial charge on any atom is 0.416 e. The highest BCUT2D eigenvalue weighted by molar-refractivity contribution is 5.35. The zero-order valence-electron chi connectivity index (χ0n) is 9.15. The summed E-state index contributed by atoms with van der Waals surface area (Å²) in [7, 11) is 0. The average Bonchev–Trinajstić information content (AvgIpc) is 2.16. The first kappa shape index (κ1) is 12.1. The minimum atomic E-state index is -4.26. The Bertz CT molecular complexity index is 337. The molecule has 0 aliphatic heterocycles. The van der Waals surface area contributed by atoms with Gasteiger partial charge in [0.1, 0.15) is 0 Å². The van der Waals surface area contributed by atoms with Gasteiger partial charge in [0.15, 0.2) is 0 Å². The first-order valence-electron chi connectivity index (χ1n) is 4.95. The topological polar surface area (TPSA) is 0 Å². The average molecular weight is 216 g/mol. The summed E-state index contributed by atoms with van der Waals surface area (Å²) in [6, 6.07) is 5.79. The summed E-state index contributed by atoms with van der Waals surface area (Å²) >= 11 is 0. The molecule has 0 fully saturated rings. The molecule has 1 aromatic carbocycles. The Morgan fingerprint density at radius 1 is 1.00 bits per heavy atom. The van der Waals surface area contributed by atoms with Crippen molar-refractivity contribution in [1.82, 2.24) is 0 Å². The Labute approximate surface area is 88.1 Å². The lowest BCUT2D eigenvalue weighted by molar-refractivity contribution is -0.138. The molecule has 0 unspecified atom stereocenters. The van der Waals surface area contributed by atoms with Crippen LogP contribution in [-0.4, -0.2) is 0 Å². The molecule has 0 atom stereocenters. The van der Waals surface area contributed by atoms with E-state index in [0.29, 0.717) is 12.0 Å². The third-order valence-corrected chi connectivity index (χ3v) is 2.85. The minimum absolute atomic E-state index is 0.375. The van der Waals surface area contributed by atoms with Crippen LogP contribution in [0.3, 0.4) is 0 Å². The molecule has 0 saturated heterocycles. The molecule has 0 N–H and O–H groups in total. The molecule has 0 heterocycles. The van der Waals surface area contributed by atoms with Crippen LogP contribution in [0, 0.1) is 0 Å². The maximum absolute atomic E-state index is 12.7. The van der Waals surface area contributed by atoms with Crippen LogP contribution < -0.4 is 0 Å². The van der Waals surface area contributed by atoms with Gasteiger partial charge in [-0.1, -0.05) is 39.0 Å². The van der Waals surface area contributed by atoms with E-state index in [-0.39, 0.29) is 0 Å². The number of hydrogen-bond acceptors (Lipinski definition) is 0. The lowest BCUT2D eigenvalue weighted by Gasteiger charge is -2.27. The van der Waals surface area contributed by atoms with Gasteiger partial charge in [0.25, 0.3) is 0 Å². The molecular formula is C12H15F3. The van der Waals surface area contributed by atoms with Crippen molar-refractivity contribution in [2.75, 3.05) is 0 Å². The lowest BCUT2D eigenvalue weighted by Crippen LogP contribution is -2.21. The second-order valence-corrected chi connectivity index (χ2v) is 4.28. The Morgan fingerprint density at radius 3 is 1.87 bits per heavy atom. The monoisotopic (exact) mass is 216 g/mol. The Balaban J connectivity index is 3.31. The van der Waals surface area contributed by atoms with Gasteiger partial charge >= 0.3 is 6.18 Å². The summed E-state index contributed by atoms with van der Waals surface area (Å²) in [6.07, 6.45) is -3.58. The molecule has 0 saturated carbocycles. The molecular weight excluding hydrogens is 201 g/mol. The number of rotatable bonds is 2. The minimum Gasteiger partial charge on any atom is -0.166 e. The number of benzene rings is 1. The van der Waals surface area contributed by atoms with Crippen LogP contribution in [0.15, 0.2) is 24.3 Å². The molecule has 15 heavy (non-hydrogen) atoms. The Hall–Kier alpha value is -0.990. The smallest absolute Gasteiger partial charge is 0.166 e. The molecule has 0 radical (unpaired) electrons. The highest BCUT2D eigenvalue weighted by Gasteiger charge is 2.36. The highest BCUT2D eigenvalue weighted by Crippen LogP contribution is 2.38. The molecule has 1 rings (SSSR count). The third-order valence-electron chi connectivity index (χ3n) is 2.85. The number of halogens is 3. The summed E-state index contributed by atoms with van der Waals surface area (Å²) in [4.78, 5) is 0. The van der Waals surface area contributed by atoms with Gasteiger partial charge in [-0.15, -0.1) is 0 Å². The van der Waals surface area contributed by atoms with E-state index in [2.05, 4.69) is 0 Å². The zero-order valence-corrected chi connectivity index (χ0v) is 9.15. The lowest BCUT2D eigenvalue weighted by atomic mass is 9.79. The second kappa shape index (κ2) is 3.87. The molecule has 3 heteroatoms. The Morgan fingerprint density at radius 2 is 1.47 bits per heavy atom. The highest BCUT2D eigenvalue weighted by atomic mass is 19.4. The predicted molar refractivity (Wildman–Crippen MR) is 54.8 cm³/mol. The number of hydrogen-bond donors (Lipinski definition) is 0. The van der Waals surface area contributed by atoms with Gasteiger partial charge in [0.05, 0.1) is 5.56 Å². The van der Waals surface area contributed by atoms with E-state index in [4.69, 9.17) is 0 Å². The van der Waals surface area contributed by atoms with Gasteiger partial charge in [-0.25, -0.2) is 0 Å². The van der Waals surface area contributed by atoms with E-state index in [1.54, 1.807) is 12.1 Å². The molecule has 0 spiro atoms. The van der Waals surface area contributed by atoms with Crippen LogP contribution in [0.5, 0.6) is 0 Å². The fourth-order valence-corrected chi connectivity index (χ4v) is 1.51. The fraction of sp³-hybridized carbons (Fsp3) is 0.500. The van der Waals surface area contributed by atoms with Gasteiger partial charge in [-0.05, 0) is 23.5 Å². The predicted octanol–water partition coefficient (Wildman–Crippen LogP) is 4.39. The summed E-state index contributed by atoms with van der Waals surface area (Å²) in [5.74, 6) is 0. The summed E-state index contributed by atoms with van der Waals surface area (Å²) in [5.41, 5.74) is -0.580. The van der Waals surface area contributed by atoms with E-state index in [1.807, 2.05) is 20.8 Å². The molecule has 0 bridgehead atoms. The van der Waals surface area contributed by atoms with Crippen molar-refractivity contribution in [3.8, 4) is 0 Å². The zero-order chi connectivity index (χ0) is 11.7. The van der Waals surface area contributed by atoms with Crippen molar-refractivity contribution >= 4 is 0 Å². The molecule has 1 aromatic rings. The van der Waals surface area contributed by atoms with Gasteiger partial charge in [-0.3, -0.25) is 0 Å². The molecule has 84 valence electrons. The second-order valence-electron chi connectivity index (χ2n) is 4.28. The third kappa shape index (κ3) is 2.52. The summed E-state index contributed by atoms with van der Waals surface area (Å²) < 4.78 is 38.1. The van der Waals surface area contributed by atoms with Gasteiger partial charge in [0.2, 0.25) is 0 Å². The van der Waals surface area contributed by atoms with Crippen LogP contribution in [0.2, 0.25) is 0 Å². The summed E-state index contributed by atoms with van der Waals surface area (Å²) in [5, 5.41) is 0. The SMILES string of the molecule is CCC(C)(C)c1ccccc1C(F)(F)F. The first-order valence-corrected chi connectivity index (χ1v) is 4.95. The van der Waals surface area contributed by atoms with Gasteiger partial charge < -0.3 is 0 Å². The molecule has 0 aromatic heterocycles. The van der Waals surface area contributed by atoms with E-state index in [1.165, 1.54) is 6.07 Å². The summed E-state index contributed by atoms with van der Waals surface area (Å²) in [6.45, 7) is 5.56. The van der Waals surface area contributed by atoms with Crippen molar-refractivity contribution < 1.29 is 13.2 Å². The van der Waals surface area contributed by atoms with Crippen molar-refractivity contribution in [2.45, 2.75) is 38.8 Å². The standard InChI is InChI=1S/C12H15F3/c1-4-11(2,3)9-7-5-6-8-10(9)12(13,14)15/h5-8H,4H2,1-3H3. The van der Waals surface area contributed by atoms with Crippen molar-refractivity contribution in [3.63, 3.8) is 0 Å². The van der Waals surface area contributed by atoms with E-state index in [9.17, 15) is 13.2 Å². The molecule has 0 aliphatic carbocycles. The van der Waals surface area contributed by atoms with Gasteiger partial charge in [-0.2, -0.15) is 13.2 Å². The Kier molecular flexibility index (Phi) is 3.12. The van der Waals surface area contributed by atoms with Crippen LogP contribution >= 0.6 is 0 Å². The van der Waals surface area contributed by atoms with E-state index in [0.717, 1.165) is 6.07 Å². The van der Waals surface area contributed by atoms with Gasteiger partial charge in [0, 0.05) is 0 Å². The first-order chi connectivity index (χ1) is 6.79. The van der Waals surface area contributed by atoms with Crippen molar-refractivity contribution in [1.29, 1.82) is 0 Å². The quantitative estimate of drug-likeness (QED) is 0.687. The van der Waals surface area contributed by atoms with Crippen LogP contribution in [0.1, 0.15) is 38.3 Å².